The van der Waals surface area contributed by atoms with Gasteiger partial charge in [0.25, 0.3) is 5.89 Å². The van der Waals surface area contributed by atoms with E-state index in [1.165, 1.54) is 12.1 Å². The van der Waals surface area contributed by atoms with E-state index in [0.29, 0.717) is 35.3 Å². The summed E-state index contributed by atoms with van der Waals surface area (Å²) < 4.78 is 51.7. The van der Waals surface area contributed by atoms with Gasteiger partial charge < -0.3 is 8.94 Å². The van der Waals surface area contributed by atoms with Gasteiger partial charge in [0, 0.05) is 11.1 Å². The number of oxazole rings is 1. The molecule has 0 atom stereocenters. The van der Waals surface area contributed by atoms with Gasteiger partial charge in [0.1, 0.15) is 11.5 Å². The van der Waals surface area contributed by atoms with Crippen LogP contribution in [-0.2, 0) is 12.7 Å². The molecule has 0 fully saturated rings. The first-order valence-corrected chi connectivity index (χ1v) is 10.2. The highest BCUT2D eigenvalue weighted by molar-refractivity contribution is 5.59. The molecule has 0 spiro atoms. The Bertz CT molecular complexity index is 1450. The molecule has 0 aliphatic heterocycles. The summed E-state index contributed by atoms with van der Waals surface area (Å²) in [7, 11) is 0. The predicted molar refractivity (Wildman–Crippen MR) is 114 cm³/mol. The van der Waals surface area contributed by atoms with Gasteiger partial charge >= 0.3 is 6.18 Å². The first kappa shape index (κ1) is 21.6. The number of hydrogen-bond donors (Lipinski definition) is 0. The van der Waals surface area contributed by atoms with Crippen molar-refractivity contribution in [1.29, 1.82) is 0 Å². The Morgan fingerprint density at radius 2 is 1.68 bits per heavy atom. The molecule has 2 aromatic carbocycles. The summed E-state index contributed by atoms with van der Waals surface area (Å²) in [6, 6.07) is 14.3. The van der Waals surface area contributed by atoms with Crippen LogP contribution in [-0.4, -0.2) is 30.1 Å². The summed E-state index contributed by atoms with van der Waals surface area (Å²) >= 11 is 0. The highest BCUT2D eigenvalue weighted by atomic mass is 19.4. The molecule has 0 saturated heterocycles. The molecule has 172 valence electrons. The monoisotopic (exact) mass is 466 g/mol. The van der Waals surface area contributed by atoms with Gasteiger partial charge in [0.05, 0.1) is 17.8 Å². The Kier molecular flexibility index (Phi) is 5.23. The molecule has 0 N–H and O–H groups in total. The molecule has 3 aromatic heterocycles. The molecule has 11 heteroatoms. The first-order chi connectivity index (χ1) is 16.3. The minimum atomic E-state index is -4.47. The third-order valence-corrected chi connectivity index (χ3v) is 5.27. The molecule has 8 nitrogen and oxygen atoms in total. The fourth-order valence-electron chi connectivity index (χ4n) is 3.40. The Balaban J connectivity index is 1.40. The van der Waals surface area contributed by atoms with Crippen LogP contribution in [0.2, 0.25) is 0 Å². The van der Waals surface area contributed by atoms with Gasteiger partial charge in [-0.15, -0.1) is 5.10 Å². The Hall–Kier alpha value is -4.28. The van der Waals surface area contributed by atoms with Crippen molar-refractivity contribution in [3.63, 3.8) is 0 Å². The molecule has 3 heterocycles. The van der Waals surface area contributed by atoms with E-state index in [0.717, 1.165) is 17.7 Å². The van der Waals surface area contributed by atoms with Crippen LogP contribution in [0.1, 0.15) is 22.7 Å². The molecule has 5 rings (SSSR count). The molecule has 34 heavy (non-hydrogen) atoms. The number of alkyl halides is 3. The number of aryl methyl sites for hydroxylation is 1. The Labute approximate surface area is 191 Å². The summed E-state index contributed by atoms with van der Waals surface area (Å²) in [5.74, 6) is 1.24. The lowest BCUT2D eigenvalue weighted by Gasteiger charge is -2.06. The maximum absolute atomic E-state index is 13.0. The average Bonchev–Trinajstić information content (AvgIpc) is 3.54. The summed E-state index contributed by atoms with van der Waals surface area (Å²) in [6.45, 7) is 3.90. The molecule has 0 amide bonds. The van der Waals surface area contributed by atoms with Gasteiger partial charge in [0.2, 0.25) is 11.7 Å². The van der Waals surface area contributed by atoms with Gasteiger partial charge in [0.15, 0.2) is 5.69 Å². The van der Waals surface area contributed by atoms with Crippen LogP contribution in [0.15, 0.2) is 63.5 Å². The van der Waals surface area contributed by atoms with Crippen LogP contribution in [0.25, 0.3) is 34.4 Å². The number of aromatic nitrogens is 6. The summed E-state index contributed by atoms with van der Waals surface area (Å²) in [6.07, 6.45) is -4.47. The van der Waals surface area contributed by atoms with Crippen LogP contribution >= 0.6 is 0 Å². The van der Waals surface area contributed by atoms with Crippen molar-refractivity contribution in [3.8, 4) is 34.4 Å². The Morgan fingerprint density at radius 3 is 2.44 bits per heavy atom. The van der Waals surface area contributed by atoms with E-state index in [1.807, 2.05) is 37.3 Å². The molecule has 5 aromatic rings. The van der Waals surface area contributed by atoms with Gasteiger partial charge in [-0.3, -0.25) is 0 Å². The number of rotatable bonds is 5. The van der Waals surface area contributed by atoms with E-state index in [4.69, 9.17) is 8.94 Å². The van der Waals surface area contributed by atoms with Crippen molar-refractivity contribution in [2.75, 3.05) is 0 Å². The average molecular weight is 466 g/mol. The lowest BCUT2D eigenvalue weighted by molar-refractivity contribution is -0.137. The third-order valence-electron chi connectivity index (χ3n) is 5.27. The van der Waals surface area contributed by atoms with Crippen LogP contribution in [0.5, 0.6) is 0 Å². The minimum Gasteiger partial charge on any atom is -0.441 e. The highest BCUT2D eigenvalue weighted by Crippen LogP contribution is 2.32. The molecule has 0 aliphatic rings. The molecule has 0 aliphatic carbocycles. The van der Waals surface area contributed by atoms with E-state index in [1.54, 1.807) is 11.6 Å². The fraction of sp³-hybridized carbons (Fsp3) is 0.174. The van der Waals surface area contributed by atoms with Crippen molar-refractivity contribution in [2.45, 2.75) is 26.6 Å². The summed E-state index contributed by atoms with van der Waals surface area (Å²) in [5, 5.41) is 12.1. The van der Waals surface area contributed by atoms with Crippen molar-refractivity contribution >= 4 is 0 Å². The van der Waals surface area contributed by atoms with Gasteiger partial charge in [-0.2, -0.15) is 18.2 Å². The fourth-order valence-corrected chi connectivity index (χ4v) is 3.40. The van der Waals surface area contributed by atoms with E-state index in [2.05, 4.69) is 25.4 Å². The predicted octanol–water partition coefficient (Wildman–Crippen LogP) is 5.33. The van der Waals surface area contributed by atoms with Crippen molar-refractivity contribution < 1.29 is 22.1 Å². The lowest BCUT2D eigenvalue weighted by atomic mass is 10.1. The molecule has 0 radical (unpaired) electrons. The first-order valence-electron chi connectivity index (χ1n) is 10.2. The molecule has 0 bridgehead atoms. The number of nitrogens with zero attached hydrogens (tertiary/aromatic N) is 6. The summed E-state index contributed by atoms with van der Waals surface area (Å²) in [4.78, 5) is 8.79. The van der Waals surface area contributed by atoms with Crippen molar-refractivity contribution in [1.82, 2.24) is 30.1 Å². The van der Waals surface area contributed by atoms with Crippen LogP contribution in [0.3, 0.4) is 0 Å². The number of halogens is 3. The standard InChI is InChI=1S/C23H17F3N6O2/c1-13-19(22-28-20(30-34-22)16-9-6-10-17(11-16)23(24,25)26)29-31-32(13)12-18-14(2)33-21(27-18)15-7-4-3-5-8-15/h3-11H,12H2,1-2H3. The molecule has 0 saturated carbocycles. The SMILES string of the molecule is Cc1oc(-c2ccccc2)nc1Cn1nnc(-c2nc(-c3cccc(C(F)(F)F)c3)no2)c1C. The topological polar surface area (TPSA) is 95.7 Å². The largest absolute Gasteiger partial charge is 0.441 e. The third kappa shape index (κ3) is 4.07. The van der Waals surface area contributed by atoms with Crippen LogP contribution in [0.4, 0.5) is 13.2 Å². The second kappa shape index (κ2) is 8.25. The van der Waals surface area contributed by atoms with Gasteiger partial charge in [-0.25, -0.2) is 9.67 Å². The van der Waals surface area contributed by atoms with Crippen molar-refractivity contribution in [2.24, 2.45) is 0 Å². The zero-order valence-corrected chi connectivity index (χ0v) is 18.0. The van der Waals surface area contributed by atoms with Crippen LogP contribution in [0, 0.1) is 13.8 Å². The smallest absolute Gasteiger partial charge is 0.416 e. The van der Waals surface area contributed by atoms with Gasteiger partial charge in [-0.05, 0) is 38.1 Å². The van der Waals surface area contributed by atoms with E-state index >= 15 is 0 Å². The van der Waals surface area contributed by atoms with Crippen LogP contribution < -0.4 is 0 Å². The van der Waals surface area contributed by atoms with Crippen molar-refractivity contribution in [3.05, 3.63) is 77.3 Å². The maximum atomic E-state index is 13.0. The van der Waals surface area contributed by atoms with Gasteiger partial charge in [-0.1, -0.05) is 40.7 Å². The summed E-state index contributed by atoms with van der Waals surface area (Å²) in [5.41, 5.74) is 1.89. The normalized spacial score (nSPS) is 11.8. The molecule has 0 unspecified atom stereocenters. The second-order valence-corrected chi connectivity index (χ2v) is 7.57. The number of hydrogen-bond acceptors (Lipinski definition) is 7. The number of benzene rings is 2. The maximum Gasteiger partial charge on any atom is 0.416 e. The highest BCUT2D eigenvalue weighted by Gasteiger charge is 2.31. The second-order valence-electron chi connectivity index (χ2n) is 7.57. The Morgan fingerprint density at radius 1 is 0.912 bits per heavy atom. The quantitative estimate of drug-likeness (QED) is 0.345. The van der Waals surface area contributed by atoms with E-state index < -0.39 is 11.7 Å². The minimum absolute atomic E-state index is 0.0231. The van der Waals surface area contributed by atoms with E-state index in [-0.39, 0.29) is 17.3 Å². The zero-order valence-electron chi connectivity index (χ0n) is 18.0. The zero-order chi connectivity index (χ0) is 23.9. The molecular formula is C23H17F3N6O2. The molecular weight excluding hydrogens is 449 g/mol. The lowest BCUT2D eigenvalue weighted by Crippen LogP contribution is -2.05. The van der Waals surface area contributed by atoms with E-state index in [9.17, 15) is 13.2 Å².